The van der Waals surface area contributed by atoms with Gasteiger partial charge in [0, 0.05) is 12.5 Å². The second kappa shape index (κ2) is 12.7. The third-order valence-electron chi connectivity index (χ3n) is 6.85. The fourth-order valence-corrected chi connectivity index (χ4v) is 4.81. The van der Waals surface area contributed by atoms with Gasteiger partial charge in [-0.15, -0.1) is 0 Å². The first-order valence-electron chi connectivity index (χ1n) is 12.5. The van der Waals surface area contributed by atoms with Gasteiger partial charge in [-0.3, -0.25) is 14.4 Å². The first-order chi connectivity index (χ1) is 16.4. The van der Waals surface area contributed by atoms with Crippen molar-refractivity contribution in [1.29, 1.82) is 0 Å². The van der Waals surface area contributed by atoms with Crippen molar-refractivity contribution in [3.8, 4) is 0 Å². The number of esters is 1. The van der Waals surface area contributed by atoms with Gasteiger partial charge in [0.2, 0.25) is 11.8 Å². The van der Waals surface area contributed by atoms with Crippen molar-refractivity contribution < 1.29 is 24.2 Å². The number of hydrogen-bond acceptors (Lipinski definition) is 5. The van der Waals surface area contributed by atoms with Crippen LogP contribution in [0.4, 0.5) is 0 Å². The molecule has 3 unspecified atom stereocenters. The van der Waals surface area contributed by atoms with Crippen molar-refractivity contribution >= 4 is 17.8 Å². The lowest BCUT2D eigenvalue weighted by Gasteiger charge is -2.32. The predicted molar refractivity (Wildman–Crippen MR) is 130 cm³/mol. The zero-order valence-electron chi connectivity index (χ0n) is 20.1. The average molecular weight is 471 g/mol. The van der Waals surface area contributed by atoms with Crippen LogP contribution >= 0.6 is 0 Å². The van der Waals surface area contributed by atoms with Gasteiger partial charge >= 0.3 is 5.97 Å². The highest BCUT2D eigenvalue weighted by molar-refractivity contribution is 5.86. The van der Waals surface area contributed by atoms with E-state index in [1.165, 1.54) is 0 Å². The van der Waals surface area contributed by atoms with E-state index in [9.17, 15) is 19.5 Å². The molecule has 1 spiro atoms. The molecule has 2 aliphatic rings. The Morgan fingerprint density at radius 3 is 2.62 bits per heavy atom. The average Bonchev–Trinajstić information content (AvgIpc) is 3.29. The maximum Gasteiger partial charge on any atom is 0.309 e. The number of benzene rings is 1. The molecule has 3 rings (SSSR count). The Morgan fingerprint density at radius 1 is 1.18 bits per heavy atom. The molecule has 3 N–H and O–H groups in total. The molecule has 7 nitrogen and oxygen atoms in total. The Hall–Kier alpha value is -2.67. The Labute approximate surface area is 202 Å². The van der Waals surface area contributed by atoms with E-state index in [1.54, 1.807) is 6.92 Å². The van der Waals surface area contributed by atoms with E-state index in [0.29, 0.717) is 25.7 Å². The molecule has 1 aromatic carbocycles. The van der Waals surface area contributed by atoms with Crippen LogP contribution in [0.5, 0.6) is 0 Å². The Balaban J connectivity index is 1.75. The zero-order chi connectivity index (χ0) is 24.4. The number of cyclic esters (lactones) is 1. The molecule has 2 amide bonds. The second-order valence-corrected chi connectivity index (χ2v) is 9.81. The van der Waals surface area contributed by atoms with Crippen LogP contribution in [-0.2, 0) is 25.5 Å². The van der Waals surface area contributed by atoms with Gasteiger partial charge in [0.25, 0.3) is 0 Å². The lowest BCUT2D eigenvalue weighted by Crippen LogP contribution is -2.52. The number of rotatable bonds is 6. The van der Waals surface area contributed by atoms with Gasteiger partial charge in [0.15, 0.2) is 0 Å². The summed E-state index contributed by atoms with van der Waals surface area (Å²) in [6.07, 6.45) is 9.84. The topological polar surface area (TPSA) is 105 Å². The van der Waals surface area contributed by atoms with Gasteiger partial charge in [-0.25, -0.2) is 0 Å². The van der Waals surface area contributed by atoms with Crippen LogP contribution in [0.25, 0.3) is 0 Å². The van der Waals surface area contributed by atoms with Crippen LogP contribution in [0.15, 0.2) is 42.5 Å². The third-order valence-corrected chi connectivity index (χ3v) is 6.85. The van der Waals surface area contributed by atoms with Crippen LogP contribution in [0, 0.1) is 11.8 Å². The lowest BCUT2D eigenvalue weighted by atomic mass is 9.94. The molecule has 0 radical (unpaired) electrons. The minimum atomic E-state index is -0.574. The van der Waals surface area contributed by atoms with E-state index >= 15 is 0 Å². The van der Waals surface area contributed by atoms with Gasteiger partial charge in [-0.1, -0.05) is 55.3 Å². The number of hydrogen-bond donors (Lipinski definition) is 3. The van der Waals surface area contributed by atoms with Crippen LogP contribution in [-0.4, -0.2) is 47.7 Å². The largest absolute Gasteiger partial charge is 0.463 e. The normalized spacial score (nSPS) is 24.3. The minimum Gasteiger partial charge on any atom is -0.463 e. The van der Waals surface area contributed by atoms with Gasteiger partial charge in [-0.2, -0.15) is 0 Å². The van der Waals surface area contributed by atoms with Crippen molar-refractivity contribution in [3.63, 3.8) is 0 Å². The molecule has 0 bridgehead atoms. The smallest absolute Gasteiger partial charge is 0.309 e. The van der Waals surface area contributed by atoms with Crippen molar-refractivity contribution in [2.24, 2.45) is 11.8 Å². The first kappa shape index (κ1) is 25.9. The highest BCUT2D eigenvalue weighted by Crippen LogP contribution is 2.31. The van der Waals surface area contributed by atoms with Gasteiger partial charge < -0.3 is 20.5 Å². The Morgan fingerprint density at radius 2 is 1.91 bits per heavy atom. The molecule has 1 heterocycles. The molecule has 1 saturated carbocycles. The molecule has 1 aromatic rings. The summed E-state index contributed by atoms with van der Waals surface area (Å²) in [6.45, 7) is 1.73. The first-order valence-corrected chi connectivity index (χ1v) is 12.5. The molecule has 186 valence electrons. The van der Waals surface area contributed by atoms with E-state index in [2.05, 4.69) is 10.6 Å². The summed E-state index contributed by atoms with van der Waals surface area (Å²) in [4.78, 5) is 38.7. The molecule has 0 aromatic heterocycles. The molecule has 1 aliphatic carbocycles. The zero-order valence-corrected chi connectivity index (χ0v) is 20.1. The van der Waals surface area contributed by atoms with Crippen LogP contribution < -0.4 is 10.6 Å². The minimum absolute atomic E-state index is 0.0486. The van der Waals surface area contributed by atoms with Crippen LogP contribution in [0.3, 0.4) is 0 Å². The molecule has 34 heavy (non-hydrogen) atoms. The number of carbonyl (C=O) groups excluding carboxylic acids is 3. The van der Waals surface area contributed by atoms with E-state index in [-0.39, 0.29) is 49.4 Å². The van der Waals surface area contributed by atoms with E-state index < -0.39 is 11.5 Å². The van der Waals surface area contributed by atoms with Gasteiger partial charge in [0.1, 0.15) is 6.61 Å². The standard InChI is InChI=1S/C27H38N2O5/c1-20(18-30)28-24(31)17-22-12-6-3-7-13-23(16-21-10-4-2-5-11-21)26(33)34-19-27(29-25(22)32)14-8-9-15-27/h2-6,10-11,20,22-23,30H,7-9,12-19H2,1H3,(H,28,31)(H,29,32). The van der Waals surface area contributed by atoms with E-state index in [4.69, 9.17) is 4.74 Å². The highest BCUT2D eigenvalue weighted by Gasteiger charge is 2.39. The summed E-state index contributed by atoms with van der Waals surface area (Å²) in [5.41, 5.74) is 0.527. The number of amides is 2. The monoisotopic (exact) mass is 470 g/mol. The van der Waals surface area contributed by atoms with Crippen molar-refractivity contribution in [2.75, 3.05) is 13.2 Å². The fourth-order valence-electron chi connectivity index (χ4n) is 4.81. The molecular weight excluding hydrogens is 432 g/mol. The summed E-state index contributed by atoms with van der Waals surface area (Å²) in [6, 6.07) is 9.60. The molecule has 7 heteroatoms. The third kappa shape index (κ3) is 7.69. The summed E-state index contributed by atoms with van der Waals surface area (Å²) in [7, 11) is 0. The molecule has 0 saturated heterocycles. The molecule has 3 atom stereocenters. The number of nitrogens with one attached hydrogen (secondary N) is 2. The summed E-state index contributed by atoms with van der Waals surface area (Å²) < 4.78 is 5.83. The van der Waals surface area contributed by atoms with Crippen molar-refractivity contribution in [3.05, 3.63) is 48.0 Å². The van der Waals surface area contributed by atoms with E-state index in [0.717, 1.165) is 31.2 Å². The number of allylic oxidation sites excluding steroid dienone is 2. The summed E-state index contributed by atoms with van der Waals surface area (Å²) in [5.74, 6) is -1.42. The number of ether oxygens (including phenoxy) is 1. The second-order valence-electron chi connectivity index (χ2n) is 9.81. The SMILES string of the molecule is CC(CO)NC(=O)CC1CC=CCCC(Cc2ccccc2)C(=O)OCC2(CCCC2)NC1=O. The maximum absolute atomic E-state index is 13.2. The fraction of sp³-hybridized carbons (Fsp3) is 0.593. The number of carbonyl (C=O) groups is 3. The van der Waals surface area contributed by atoms with Crippen molar-refractivity contribution in [2.45, 2.75) is 76.3 Å². The number of aliphatic hydroxyl groups is 1. The molecule has 1 fully saturated rings. The quantitative estimate of drug-likeness (QED) is 0.438. The number of aliphatic hydroxyl groups excluding tert-OH is 1. The Kier molecular flexibility index (Phi) is 9.69. The Bertz CT molecular complexity index is 848. The lowest BCUT2D eigenvalue weighted by molar-refractivity contribution is -0.152. The predicted octanol–water partition coefficient (Wildman–Crippen LogP) is 3.06. The molecule has 1 aliphatic heterocycles. The highest BCUT2D eigenvalue weighted by atomic mass is 16.5. The van der Waals surface area contributed by atoms with Crippen LogP contribution in [0.2, 0.25) is 0 Å². The van der Waals surface area contributed by atoms with Crippen LogP contribution in [0.1, 0.15) is 63.9 Å². The van der Waals surface area contributed by atoms with Crippen molar-refractivity contribution in [1.82, 2.24) is 10.6 Å². The summed E-state index contributed by atoms with van der Waals surface area (Å²) >= 11 is 0. The maximum atomic E-state index is 13.2. The molecular formula is C27H38N2O5. The van der Waals surface area contributed by atoms with E-state index in [1.807, 2.05) is 42.5 Å². The summed E-state index contributed by atoms with van der Waals surface area (Å²) in [5, 5.41) is 15.1. The van der Waals surface area contributed by atoms with Gasteiger partial charge in [0.05, 0.1) is 24.0 Å². The van der Waals surface area contributed by atoms with Gasteiger partial charge in [-0.05, 0) is 51.0 Å².